The van der Waals surface area contributed by atoms with Gasteiger partial charge in [0.15, 0.2) is 11.4 Å². The summed E-state index contributed by atoms with van der Waals surface area (Å²) in [6.45, 7) is 0.107. The Morgan fingerprint density at radius 1 is 1.21 bits per heavy atom. The number of methoxy groups -OCH3 is 1. The Balaban J connectivity index is 2.07. The van der Waals surface area contributed by atoms with Crippen molar-refractivity contribution in [3.05, 3.63) is 63.6 Å². The number of rotatable bonds is 6. The number of pyridine rings is 1. The zero-order valence-electron chi connectivity index (χ0n) is 16.0. The second-order valence-electron chi connectivity index (χ2n) is 6.39. The number of hydroxylamine groups is 2. The lowest BCUT2D eigenvalue weighted by atomic mass is 10.2. The topological polar surface area (TPSA) is 87.1 Å². The van der Waals surface area contributed by atoms with Gasteiger partial charge in [-0.3, -0.25) is 14.4 Å². The molecule has 8 nitrogen and oxygen atoms in total. The van der Waals surface area contributed by atoms with Gasteiger partial charge in [0.25, 0.3) is 5.91 Å². The predicted molar refractivity (Wildman–Crippen MR) is 100.0 cm³/mol. The van der Waals surface area contributed by atoms with E-state index < -0.39 is 17.4 Å². The van der Waals surface area contributed by atoms with Crippen molar-refractivity contribution < 1.29 is 23.9 Å². The van der Waals surface area contributed by atoms with E-state index in [4.69, 9.17) is 14.3 Å². The van der Waals surface area contributed by atoms with Gasteiger partial charge in [-0.2, -0.15) is 0 Å². The lowest BCUT2D eigenvalue weighted by molar-refractivity contribution is -0.172. The van der Waals surface area contributed by atoms with Crippen molar-refractivity contribution in [2.45, 2.75) is 25.5 Å². The van der Waals surface area contributed by atoms with E-state index in [0.717, 1.165) is 10.6 Å². The third-order valence-electron chi connectivity index (χ3n) is 4.75. The first-order chi connectivity index (χ1) is 13.5. The van der Waals surface area contributed by atoms with Crippen molar-refractivity contribution in [1.29, 1.82) is 0 Å². The van der Waals surface area contributed by atoms with Gasteiger partial charge in [0.05, 0.1) is 14.2 Å². The Labute approximate surface area is 162 Å². The van der Waals surface area contributed by atoms with Crippen LogP contribution in [0.5, 0.6) is 5.75 Å². The predicted octanol–water partition coefficient (Wildman–Crippen LogP) is 1.72. The molecule has 3 rings (SSSR count). The van der Waals surface area contributed by atoms with E-state index in [1.54, 1.807) is 0 Å². The van der Waals surface area contributed by atoms with Gasteiger partial charge in [-0.15, -0.1) is 0 Å². The number of carbonyl (C=O) groups is 2. The number of aryl methyl sites for hydroxylation is 1. The number of nitrogens with zero attached hydrogens (tertiary/aromatic N) is 2. The van der Waals surface area contributed by atoms with E-state index in [9.17, 15) is 14.4 Å². The molecular formula is C20H22N2O6. The molecule has 0 fully saturated rings. The van der Waals surface area contributed by atoms with Gasteiger partial charge in [0.2, 0.25) is 5.43 Å². The third kappa shape index (κ3) is 3.63. The number of benzene rings is 1. The SMILES string of the molecule is COC(=O)c1c(OCc2ccccc2)c(=O)cc2n1C(C(=O)N(C)OC)CC2. The number of fused-ring (bicyclic) bond motifs is 1. The van der Waals surface area contributed by atoms with E-state index in [0.29, 0.717) is 18.5 Å². The van der Waals surface area contributed by atoms with Crippen LogP contribution in [0.2, 0.25) is 0 Å². The Bertz CT molecular complexity index is 938. The van der Waals surface area contributed by atoms with Crippen LogP contribution in [0, 0.1) is 0 Å². The monoisotopic (exact) mass is 386 g/mol. The van der Waals surface area contributed by atoms with Crippen molar-refractivity contribution in [3.63, 3.8) is 0 Å². The third-order valence-corrected chi connectivity index (χ3v) is 4.75. The molecular weight excluding hydrogens is 364 g/mol. The summed E-state index contributed by atoms with van der Waals surface area (Å²) >= 11 is 0. The molecule has 0 bridgehead atoms. The molecule has 1 aromatic heterocycles. The highest BCUT2D eigenvalue weighted by Gasteiger charge is 2.36. The maximum Gasteiger partial charge on any atom is 0.358 e. The summed E-state index contributed by atoms with van der Waals surface area (Å²) < 4.78 is 12.1. The van der Waals surface area contributed by atoms with E-state index in [-0.39, 0.29) is 24.0 Å². The summed E-state index contributed by atoms with van der Waals surface area (Å²) in [5.74, 6) is -1.19. The highest BCUT2D eigenvalue weighted by atomic mass is 16.7. The van der Waals surface area contributed by atoms with Crippen LogP contribution in [0.4, 0.5) is 0 Å². The van der Waals surface area contributed by atoms with Crippen LogP contribution < -0.4 is 10.2 Å². The number of amides is 1. The molecule has 1 aliphatic heterocycles. The molecule has 1 aromatic carbocycles. The van der Waals surface area contributed by atoms with Crippen molar-refractivity contribution in [1.82, 2.24) is 9.63 Å². The van der Waals surface area contributed by atoms with Gasteiger partial charge < -0.3 is 14.0 Å². The fourth-order valence-corrected chi connectivity index (χ4v) is 3.31. The molecule has 148 valence electrons. The average molecular weight is 386 g/mol. The van der Waals surface area contributed by atoms with Gasteiger partial charge in [0, 0.05) is 18.8 Å². The molecule has 0 N–H and O–H groups in total. The summed E-state index contributed by atoms with van der Waals surface area (Å²) in [4.78, 5) is 42.9. The number of hydrogen-bond acceptors (Lipinski definition) is 6. The summed E-state index contributed by atoms with van der Waals surface area (Å²) in [6, 6.07) is 10.00. The Morgan fingerprint density at radius 3 is 2.57 bits per heavy atom. The summed E-state index contributed by atoms with van der Waals surface area (Å²) in [6.07, 6.45) is 0.921. The molecule has 0 spiro atoms. The smallest absolute Gasteiger partial charge is 0.358 e. The Morgan fingerprint density at radius 2 is 1.93 bits per heavy atom. The molecule has 1 amide bonds. The standard InChI is InChI=1S/C20H22N2O6/c1-21(27-3)19(24)15-10-9-14-11-16(23)18(17(22(14)15)20(25)26-2)28-12-13-7-5-4-6-8-13/h4-8,11,15H,9-10,12H2,1-3H3. The maximum absolute atomic E-state index is 12.7. The normalized spacial score (nSPS) is 15.0. The average Bonchev–Trinajstić information content (AvgIpc) is 3.13. The zero-order chi connectivity index (χ0) is 20.3. The van der Waals surface area contributed by atoms with Gasteiger partial charge in [-0.05, 0) is 18.4 Å². The number of likely N-dealkylation sites (N-methyl/N-ethyl adjacent to an activating group) is 1. The molecule has 28 heavy (non-hydrogen) atoms. The zero-order valence-corrected chi connectivity index (χ0v) is 16.0. The van der Waals surface area contributed by atoms with Crippen LogP contribution in [0.15, 0.2) is 41.2 Å². The highest BCUT2D eigenvalue weighted by Crippen LogP contribution is 2.32. The van der Waals surface area contributed by atoms with Crippen LogP contribution >= 0.6 is 0 Å². The summed E-state index contributed by atoms with van der Waals surface area (Å²) in [5.41, 5.74) is 0.951. The lowest BCUT2D eigenvalue weighted by Gasteiger charge is -2.23. The number of ether oxygens (including phenoxy) is 2. The van der Waals surface area contributed by atoms with E-state index in [1.165, 1.54) is 31.9 Å². The lowest BCUT2D eigenvalue weighted by Crippen LogP contribution is -2.34. The number of esters is 1. The summed E-state index contributed by atoms with van der Waals surface area (Å²) in [5, 5.41) is 1.10. The molecule has 0 saturated heterocycles. The van der Waals surface area contributed by atoms with E-state index in [2.05, 4.69) is 0 Å². The van der Waals surface area contributed by atoms with Crippen LogP contribution in [0.1, 0.15) is 34.2 Å². The second kappa shape index (κ2) is 8.26. The van der Waals surface area contributed by atoms with Crippen LogP contribution in [-0.2, 0) is 27.4 Å². The first-order valence-corrected chi connectivity index (χ1v) is 8.83. The second-order valence-corrected chi connectivity index (χ2v) is 6.39. The Kier molecular flexibility index (Phi) is 5.79. The van der Waals surface area contributed by atoms with Crippen LogP contribution in [-0.4, -0.2) is 42.8 Å². The molecule has 1 aliphatic rings. The van der Waals surface area contributed by atoms with Gasteiger partial charge in [0.1, 0.15) is 12.6 Å². The minimum Gasteiger partial charge on any atom is -0.482 e. The largest absolute Gasteiger partial charge is 0.482 e. The van der Waals surface area contributed by atoms with Gasteiger partial charge in [-0.1, -0.05) is 30.3 Å². The summed E-state index contributed by atoms with van der Waals surface area (Å²) in [7, 11) is 4.10. The Hall–Kier alpha value is -3.13. The van der Waals surface area contributed by atoms with E-state index >= 15 is 0 Å². The molecule has 0 aliphatic carbocycles. The number of hydrogen-bond donors (Lipinski definition) is 0. The van der Waals surface area contributed by atoms with E-state index in [1.807, 2.05) is 30.3 Å². The molecule has 2 aromatic rings. The maximum atomic E-state index is 12.7. The first kappa shape index (κ1) is 19.6. The van der Waals surface area contributed by atoms with Crippen LogP contribution in [0.25, 0.3) is 0 Å². The van der Waals surface area contributed by atoms with Gasteiger partial charge >= 0.3 is 5.97 Å². The molecule has 0 radical (unpaired) electrons. The van der Waals surface area contributed by atoms with Crippen molar-refractivity contribution in [2.75, 3.05) is 21.3 Å². The van der Waals surface area contributed by atoms with Crippen molar-refractivity contribution in [2.24, 2.45) is 0 Å². The number of carbonyl (C=O) groups excluding carboxylic acids is 2. The highest BCUT2D eigenvalue weighted by molar-refractivity contribution is 5.92. The molecule has 1 unspecified atom stereocenters. The molecule has 8 heteroatoms. The fourth-order valence-electron chi connectivity index (χ4n) is 3.31. The molecule has 2 heterocycles. The first-order valence-electron chi connectivity index (χ1n) is 8.83. The number of aromatic nitrogens is 1. The quantitative estimate of drug-likeness (QED) is 0.555. The molecule has 1 atom stereocenters. The van der Waals surface area contributed by atoms with Crippen molar-refractivity contribution >= 4 is 11.9 Å². The van der Waals surface area contributed by atoms with Gasteiger partial charge in [-0.25, -0.2) is 9.86 Å². The molecule has 0 saturated carbocycles. The van der Waals surface area contributed by atoms with Crippen LogP contribution in [0.3, 0.4) is 0 Å². The minimum absolute atomic E-state index is 0.0544. The fraction of sp³-hybridized carbons (Fsp3) is 0.350. The minimum atomic E-state index is -0.734. The van der Waals surface area contributed by atoms with Crippen molar-refractivity contribution in [3.8, 4) is 5.75 Å².